The van der Waals surface area contributed by atoms with Crippen LogP contribution >= 0.6 is 0 Å². The Balaban J connectivity index is 1.86. The normalized spacial score (nSPS) is 49.0. The number of hydrogen-bond acceptors (Lipinski definition) is 7. The van der Waals surface area contributed by atoms with E-state index in [1.165, 1.54) is 6.92 Å². The summed E-state index contributed by atoms with van der Waals surface area (Å²) in [6.45, 7) is 6.90. The van der Waals surface area contributed by atoms with E-state index in [1.54, 1.807) is 0 Å². The summed E-state index contributed by atoms with van der Waals surface area (Å²) >= 11 is 0. The molecule has 1 spiro atoms. The summed E-state index contributed by atoms with van der Waals surface area (Å²) in [6.07, 6.45) is -1.86. The van der Waals surface area contributed by atoms with Crippen LogP contribution in [0.4, 0.5) is 0 Å². The molecule has 3 N–H and O–H groups in total. The molecule has 7 nitrogen and oxygen atoms in total. The lowest BCUT2D eigenvalue weighted by Crippen LogP contribution is -2.63. The van der Waals surface area contributed by atoms with E-state index < -0.39 is 58.0 Å². The van der Waals surface area contributed by atoms with Crippen LogP contribution in [-0.2, 0) is 19.1 Å². The van der Waals surface area contributed by atoms with Gasteiger partial charge in [0.25, 0.3) is 0 Å². The summed E-state index contributed by atoms with van der Waals surface area (Å²) < 4.78 is 5.28. The van der Waals surface area contributed by atoms with E-state index in [9.17, 15) is 29.7 Å². The molecule has 0 aromatic carbocycles. The minimum atomic E-state index is -1.49. The molecule has 0 radical (unpaired) electrons. The fraction of sp³-hybridized carbons (Fsp3) is 0.773. The van der Waals surface area contributed by atoms with E-state index in [4.69, 9.17) is 4.74 Å². The van der Waals surface area contributed by atoms with Gasteiger partial charge < -0.3 is 20.1 Å². The quantitative estimate of drug-likeness (QED) is 0.583. The van der Waals surface area contributed by atoms with Crippen molar-refractivity contribution < 1.29 is 34.4 Å². The number of esters is 1. The Morgan fingerprint density at radius 3 is 2.34 bits per heavy atom. The molecule has 2 saturated carbocycles. The zero-order valence-corrected chi connectivity index (χ0v) is 17.4. The van der Waals surface area contributed by atoms with Gasteiger partial charge in [0.15, 0.2) is 11.6 Å². The van der Waals surface area contributed by atoms with Crippen LogP contribution in [0, 0.1) is 28.1 Å². The molecule has 29 heavy (non-hydrogen) atoms. The van der Waals surface area contributed by atoms with Crippen molar-refractivity contribution >= 4 is 17.5 Å². The van der Waals surface area contributed by atoms with Gasteiger partial charge in [-0.3, -0.25) is 14.4 Å². The van der Waals surface area contributed by atoms with Gasteiger partial charge >= 0.3 is 5.97 Å². The summed E-state index contributed by atoms with van der Waals surface area (Å²) in [6, 6.07) is 0. The van der Waals surface area contributed by atoms with Crippen LogP contribution in [0.25, 0.3) is 0 Å². The van der Waals surface area contributed by atoms with Crippen LogP contribution in [0.3, 0.4) is 0 Å². The first-order valence-corrected chi connectivity index (χ1v) is 10.4. The van der Waals surface area contributed by atoms with Crippen molar-refractivity contribution in [3.05, 3.63) is 11.1 Å². The summed E-state index contributed by atoms with van der Waals surface area (Å²) in [5.41, 5.74) is -2.55. The molecule has 7 heteroatoms. The molecule has 0 aliphatic heterocycles. The Kier molecular flexibility index (Phi) is 4.44. The molecule has 0 saturated heterocycles. The van der Waals surface area contributed by atoms with E-state index in [2.05, 4.69) is 0 Å². The molecule has 0 aromatic rings. The van der Waals surface area contributed by atoms with Gasteiger partial charge in [0.1, 0.15) is 12.2 Å². The minimum Gasteiger partial charge on any atom is -0.465 e. The number of ketones is 2. The lowest BCUT2D eigenvalue weighted by Gasteiger charge is -2.59. The predicted molar refractivity (Wildman–Crippen MR) is 101 cm³/mol. The molecule has 4 aliphatic rings. The van der Waals surface area contributed by atoms with E-state index in [0.717, 1.165) is 0 Å². The lowest BCUT2D eigenvalue weighted by atomic mass is 9.46. The smallest absolute Gasteiger partial charge is 0.302 e. The molecule has 0 aromatic heterocycles. The molecular formula is C22H30O7. The number of aliphatic hydroxyl groups excluding tert-OH is 3. The second-order valence-corrected chi connectivity index (χ2v) is 10.1. The molecule has 0 bridgehead atoms. The van der Waals surface area contributed by atoms with Gasteiger partial charge in [0, 0.05) is 34.8 Å². The monoisotopic (exact) mass is 406 g/mol. The SMILES string of the molecule is CC(=O)OC[C@@]1(C)CCC[C@]2(C)C3=C(C(=O)[C@]4(C[C@H]4C)[C@@H](O)C3=O)[C@H](O)[C@@H](O)[C@@H]12. The highest BCUT2D eigenvalue weighted by Gasteiger charge is 2.71. The zero-order valence-electron chi connectivity index (χ0n) is 17.4. The van der Waals surface area contributed by atoms with Gasteiger partial charge in [-0.05, 0) is 25.2 Å². The maximum absolute atomic E-state index is 13.4. The number of hydrogen-bond donors (Lipinski definition) is 3. The van der Waals surface area contributed by atoms with Crippen molar-refractivity contribution in [2.45, 2.75) is 71.7 Å². The number of rotatable bonds is 2. The lowest BCUT2D eigenvalue weighted by molar-refractivity contribution is -0.168. The van der Waals surface area contributed by atoms with E-state index in [1.807, 2.05) is 20.8 Å². The van der Waals surface area contributed by atoms with Gasteiger partial charge in [-0.1, -0.05) is 27.2 Å². The van der Waals surface area contributed by atoms with Gasteiger partial charge in [-0.15, -0.1) is 0 Å². The first-order chi connectivity index (χ1) is 13.4. The highest BCUT2D eigenvalue weighted by molar-refractivity contribution is 6.19. The predicted octanol–water partition coefficient (Wildman–Crippen LogP) is 0.933. The largest absolute Gasteiger partial charge is 0.465 e. The number of ether oxygens (including phenoxy) is 1. The molecule has 160 valence electrons. The van der Waals surface area contributed by atoms with Crippen molar-refractivity contribution in [1.82, 2.24) is 0 Å². The van der Waals surface area contributed by atoms with Crippen LogP contribution in [-0.4, -0.2) is 57.8 Å². The highest BCUT2D eigenvalue weighted by atomic mass is 16.5. The molecule has 2 fully saturated rings. The van der Waals surface area contributed by atoms with Crippen molar-refractivity contribution in [3.63, 3.8) is 0 Å². The third kappa shape index (κ3) is 2.50. The van der Waals surface area contributed by atoms with Crippen LogP contribution < -0.4 is 0 Å². The van der Waals surface area contributed by atoms with Crippen molar-refractivity contribution in [2.75, 3.05) is 6.61 Å². The number of carbonyl (C=O) groups is 3. The summed E-state index contributed by atoms with van der Waals surface area (Å²) in [5, 5.41) is 32.9. The summed E-state index contributed by atoms with van der Waals surface area (Å²) in [5.74, 6) is -2.07. The average molecular weight is 406 g/mol. The number of Topliss-reactive ketones (excluding diaryl/α,β-unsaturated/α-hetero) is 2. The maximum Gasteiger partial charge on any atom is 0.302 e. The number of fused-ring (bicyclic) bond motifs is 2. The second kappa shape index (κ2) is 6.22. The van der Waals surface area contributed by atoms with Gasteiger partial charge in [0.2, 0.25) is 0 Å². The van der Waals surface area contributed by atoms with Crippen LogP contribution in [0.2, 0.25) is 0 Å². The molecule has 0 amide bonds. The Hall–Kier alpha value is -1.57. The van der Waals surface area contributed by atoms with Crippen LogP contribution in [0.15, 0.2) is 11.1 Å². The molecule has 4 aliphatic carbocycles. The fourth-order valence-corrected chi connectivity index (χ4v) is 6.80. The summed E-state index contributed by atoms with van der Waals surface area (Å²) in [4.78, 5) is 38.1. The standard InChI is InChI=1S/C22H30O7/c1-10-8-22(10)18(27)12-13(15(25)19(22)28)21(4)7-5-6-20(3,9-29-11(2)23)17(21)16(26)14(12)24/h10,14,16-17,19,24,26,28H,5-9H2,1-4H3/t10-,14+,16-,17+,19+,20-,21-,22-/m1/s1. The molecule has 8 atom stereocenters. The third-order valence-electron chi connectivity index (χ3n) is 8.30. The van der Waals surface area contributed by atoms with Crippen LogP contribution in [0.5, 0.6) is 0 Å². The van der Waals surface area contributed by atoms with E-state index >= 15 is 0 Å². The van der Waals surface area contributed by atoms with Crippen molar-refractivity contribution in [2.24, 2.45) is 28.1 Å². The topological polar surface area (TPSA) is 121 Å². The van der Waals surface area contributed by atoms with Gasteiger partial charge in [-0.25, -0.2) is 0 Å². The second-order valence-electron chi connectivity index (χ2n) is 10.1. The molecular weight excluding hydrogens is 376 g/mol. The first-order valence-electron chi connectivity index (χ1n) is 10.4. The molecule has 0 unspecified atom stereocenters. The number of carbonyl (C=O) groups excluding carboxylic acids is 3. The molecule has 4 rings (SSSR count). The van der Waals surface area contributed by atoms with E-state index in [-0.39, 0.29) is 23.7 Å². The summed E-state index contributed by atoms with van der Waals surface area (Å²) in [7, 11) is 0. The minimum absolute atomic E-state index is 0.00682. The molecule has 0 heterocycles. The first kappa shape index (κ1) is 20.7. The fourth-order valence-electron chi connectivity index (χ4n) is 6.80. The Morgan fingerprint density at radius 1 is 1.17 bits per heavy atom. The average Bonchev–Trinajstić information content (AvgIpc) is 3.32. The van der Waals surface area contributed by atoms with Gasteiger partial charge in [0.05, 0.1) is 18.1 Å². The van der Waals surface area contributed by atoms with Gasteiger partial charge in [-0.2, -0.15) is 0 Å². The Morgan fingerprint density at radius 2 is 1.79 bits per heavy atom. The Bertz CT molecular complexity index is 831. The van der Waals surface area contributed by atoms with E-state index in [0.29, 0.717) is 25.7 Å². The Labute approximate surface area is 170 Å². The third-order valence-corrected chi connectivity index (χ3v) is 8.30. The van der Waals surface area contributed by atoms with Crippen molar-refractivity contribution in [3.8, 4) is 0 Å². The number of aliphatic hydroxyl groups is 3. The van der Waals surface area contributed by atoms with Crippen LogP contribution in [0.1, 0.15) is 53.4 Å². The maximum atomic E-state index is 13.4. The zero-order chi connectivity index (χ0) is 21.5. The highest BCUT2D eigenvalue weighted by Crippen LogP contribution is 2.66. The van der Waals surface area contributed by atoms with Crippen molar-refractivity contribution in [1.29, 1.82) is 0 Å².